The topological polar surface area (TPSA) is 56.7 Å². The molecule has 0 unspecified atom stereocenters. The van der Waals surface area contributed by atoms with E-state index < -0.39 is 5.97 Å². The van der Waals surface area contributed by atoms with Crippen molar-refractivity contribution in [2.75, 3.05) is 38.1 Å². The van der Waals surface area contributed by atoms with E-state index in [-0.39, 0.29) is 5.56 Å². The molecule has 1 N–H and O–H groups in total. The Bertz CT molecular complexity index is 416. The van der Waals surface area contributed by atoms with Crippen LogP contribution in [0, 0.1) is 0 Å². The number of hydrogen-bond donors (Lipinski definition) is 1. The third-order valence-corrected chi connectivity index (χ3v) is 3.33. The highest BCUT2D eigenvalue weighted by atomic mass is 16.4. The van der Waals surface area contributed by atoms with Gasteiger partial charge in [-0.25, -0.2) is 9.78 Å². The van der Waals surface area contributed by atoms with Crippen molar-refractivity contribution >= 4 is 11.8 Å². The number of pyridine rings is 1. The van der Waals surface area contributed by atoms with Crippen LogP contribution < -0.4 is 4.90 Å². The van der Waals surface area contributed by atoms with Crippen molar-refractivity contribution in [3.63, 3.8) is 0 Å². The van der Waals surface area contributed by atoms with Crippen LogP contribution >= 0.6 is 0 Å². The van der Waals surface area contributed by atoms with Crippen molar-refractivity contribution in [3.05, 3.63) is 23.9 Å². The second kappa shape index (κ2) is 5.82. The number of aromatic carboxylic acids is 1. The fourth-order valence-electron chi connectivity index (χ4n) is 2.27. The number of hydrogen-bond acceptors (Lipinski definition) is 4. The Hall–Kier alpha value is -1.62. The van der Waals surface area contributed by atoms with Crippen LogP contribution in [0.15, 0.2) is 18.3 Å². The van der Waals surface area contributed by atoms with Crippen molar-refractivity contribution < 1.29 is 9.90 Å². The van der Waals surface area contributed by atoms with E-state index in [0.717, 1.165) is 26.2 Å². The van der Waals surface area contributed by atoms with Crippen molar-refractivity contribution in [1.82, 2.24) is 9.88 Å². The summed E-state index contributed by atoms with van der Waals surface area (Å²) >= 11 is 0. The van der Waals surface area contributed by atoms with Crippen LogP contribution in [0.2, 0.25) is 0 Å². The van der Waals surface area contributed by atoms with Gasteiger partial charge in [0.1, 0.15) is 11.4 Å². The van der Waals surface area contributed by atoms with Crippen LogP contribution in [0.5, 0.6) is 0 Å². The fraction of sp³-hybridized carbons (Fsp3) is 0.538. The van der Waals surface area contributed by atoms with Gasteiger partial charge in [-0.2, -0.15) is 0 Å². The largest absolute Gasteiger partial charge is 0.478 e. The molecular formula is C13H19N3O2. The molecule has 18 heavy (non-hydrogen) atoms. The van der Waals surface area contributed by atoms with Gasteiger partial charge in [0.25, 0.3) is 0 Å². The van der Waals surface area contributed by atoms with Crippen molar-refractivity contribution in [2.24, 2.45) is 0 Å². The number of carbonyl (C=O) groups is 1. The summed E-state index contributed by atoms with van der Waals surface area (Å²) in [5, 5.41) is 9.12. The lowest BCUT2D eigenvalue weighted by molar-refractivity contribution is 0.0697. The fourth-order valence-corrected chi connectivity index (χ4v) is 2.27. The van der Waals surface area contributed by atoms with Gasteiger partial charge in [-0.1, -0.05) is 0 Å². The summed E-state index contributed by atoms with van der Waals surface area (Å²) in [5.74, 6) is -0.379. The molecule has 1 aliphatic heterocycles. The molecule has 0 atom stereocenters. The first-order chi connectivity index (χ1) is 8.68. The zero-order valence-electron chi connectivity index (χ0n) is 10.7. The van der Waals surface area contributed by atoms with Crippen molar-refractivity contribution in [1.29, 1.82) is 0 Å². The predicted octanol–water partition coefficient (Wildman–Crippen LogP) is 1.31. The number of likely N-dealkylation sites (tertiary alicyclic amines) is 1. The highest BCUT2D eigenvalue weighted by Crippen LogP contribution is 2.16. The maximum Gasteiger partial charge on any atom is 0.339 e. The van der Waals surface area contributed by atoms with E-state index >= 15 is 0 Å². The van der Waals surface area contributed by atoms with Gasteiger partial charge in [0.2, 0.25) is 0 Å². The maximum absolute atomic E-state index is 11.1. The summed E-state index contributed by atoms with van der Waals surface area (Å²) in [6, 6.07) is 3.25. The average Bonchev–Trinajstić information content (AvgIpc) is 2.89. The van der Waals surface area contributed by atoms with Gasteiger partial charge in [-0.3, -0.25) is 0 Å². The first-order valence-electron chi connectivity index (χ1n) is 6.30. The summed E-state index contributed by atoms with van der Waals surface area (Å²) in [6.45, 7) is 4.08. The molecular weight excluding hydrogens is 230 g/mol. The van der Waals surface area contributed by atoms with Crippen LogP contribution in [0.25, 0.3) is 0 Å². The Morgan fingerprint density at radius 2 is 2.22 bits per heavy atom. The zero-order chi connectivity index (χ0) is 13.0. The molecule has 1 aliphatic rings. The Morgan fingerprint density at radius 1 is 1.50 bits per heavy atom. The summed E-state index contributed by atoms with van der Waals surface area (Å²) in [7, 11) is 1.89. The molecule has 98 valence electrons. The molecule has 1 aromatic rings. The number of carboxylic acid groups (broad SMARTS) is 1. The van der Waals surface area contributed by atoms with Gasteiger partial charge in [0, 0.05) is 26.3 Å². The van der Waals surface area contributed by atoms with E-state index in [0.29, 0.717) is 5.82 Å². The van der Waals surface area contributed by atoms with E-state index in [4.69, 9.17) is 5.11 Å². The smallest absolute Gasteiger partial charge is 0.339 e. The lowest BCUT2D eigenvalue weighted by atomic mass is 10.2. The van der Waals surface area contributed by atoms with E-state index in [1.54, 1.807) is 18.3 Å². The summed E-state index contributed by atoms with van der Waals surface area (Å²) in [4.78, 5) is 19.6. The molecule has 5 nitrogen and oxygen atoms in total. The Balaban J connectivity index is 1.99. The van der Waals surface area contributed by atoms with Crippen LogP contribution in [-0.4, -0.2) is 54.2 Å². The molecule has 0 bridgehead atoms. The van der Waals surface area contributed by atoms with Crippen molar-refractivity contribution in [3.8, 4) is 0 Å². The molecule has 1 aromatic heterocycles. The minimum atomic E-state index is -0.925. The number of likely N-dealkylation sites (N-methyl/N-ethyl adjacent to an activating group) is 1. The summed E-state index contributed by atoms with van der Waals surface area (Å²) in [6.07, 6.45) is 4.18. The second-order valence-corrected chi connectivity index (χ2v) is 4.65. The quantitative estimate of drug-likeness (QED) is 0.852. The highest BCUT2D eigenvalue weighted by molar-refractivity contribution is 5.93. The van der Waals surface area contributed by atoms with Gasteiger partial charge < -0.3 is 14.9 Å². The van der Waals surface area contributed by atoms with Crippen LogP contribution in [0.4, 0.5) is 5.82 Å². The van der Waals surface area contributed by atoms with Crippen molar-refractivity contribution in [2.45, 2.75) is 12.8 Å². The predicted molar refractivity (Wildman–Crippen MR) is 70.1 cm³/mol. The number of carboxylic acids is 1. The molecule has 0 radical (unpaired) electrons. The van der Waals surface area contributed by atoms with E-state index in [9.17, 15) is 4.79 Å². The van der Waals surface area contributed by atoms with Gasteiger partial charge in [-0.05, 0) is 38.1 Å². The van der Waals surface area contributed by atoms with Gasteiger partial charge in [-0.15, -0.1) is 0 Å². The zero-order valence-corrected chi connectivity index (χ0v) is 10.7. The summed E-state index contributed by atoms with van der Waals surface area (Å²) < 4.78 is 0. The molecule has 2 heterocycles. The van der Waals surface area contributed by atoms with Crippen LogP contribution in [0.3, 0.4) is 0 Å². The minimum Gasteiger partial charge on any atom is -0.478 e. The van der Waals surface area contributed by atoms with Crippen LogP contribution in [0.1, 0.15) is 23.2 Å². The molecule has 0 saturated carbocycles. The number of aromatic nitrogens is 1. The number of nitrogens with zero attached hydrogens (tertiary/aromatic N) is 3. The van der Waals surface area contributed by atoms with Gasteiger partial charge >= 0.3 is 5.97 Å². The van der Waals surface area contributed by atoms with E-state index in [1.807, 2.05) is 11.9 Å². The average molecular weight is 249 g/mol. The first-order valence-corrected chi connectivity index (χ1v) is 6.30. The van der Waals surface area contributed by atoms with Gasteiger partial charge in [0.05, 0.1) is 0 Å². The minimum absolute atomic E-state index is 0.265. The number of anilines is 1. The Labute approximate surface area is 107 Å². The van der Waals surface area contributed by atoms with E-state index in [1.165, 1.54) is 12.8 Å². The molecule has 0 amide bonds. The van der Waals surface area contributed by atoms with Crippen LogP contribution in [-0.2, 0) is 0 Å². The molecule has 1 saturated heterocycles. The monoisotopic (exact) mass is 249 g/mol. The highest BCUT2D eigenvalue weighted by Gasteiger charge is 2.16. The molecule has 5 heteroatoms. The lowest BCUT2D eigenvalue weighted by Crippen LogP contribution is -2.32. The molecule has 0 aromatic carbocycles. The third kappa shape index (κ3) is 2.98. The lowest BCUT2D eigenvalue weighted by Gasteiger charge is -2.23. The molecule has 0 spiro atoms. The molecule has 1 fully saturated rings. The first kappa shape index (κ1) is 12.8. The number of rotatable bonds is 5. The standard InChI is InChI=1S/C13H19N3O2/c1-15(9-10-16-7-2-3-8-16)12-11(13(17)18)5-4-6-14-12/h4-6H,2-3,7-10H2,1H3,(H,17,18). The third-order valence-electron chi connectivity index (χ3n) is 3.33. The SMILES string of the molecule is CN(CCN1CCCC1)c1ncccc1C(=O)O. The van der Waals surface area contributed by atoms with Gasteiger partial charge in [0.15, 0.2) is 0 Å². The molecule has 0 aliphatic carbocycles. The maximum atomic E-state index is 11.1. The molecule has 2 rings (SSSR count). The normalized spacial score (nSPS) is 15.8. The summed E-state index contributed by atoms with van der Waals surface area (Å²) in [5.41, 5.74) is 0.265. The second-order valence-electron chi connectivity index (χ2n) is 4.65. The Kier molecular flexibility index (Phi) is 4.15. The van der Waals surface area contributed by atoms with E-state index in [2.05, 4.69) is 9.88 Å². The Morgan fingerprint density at radius 3 is 2.89 bits per heavy atom.